The van der Waals surface area contributed by atoms with Gasteiger partial charge in [0.15, 0.2) is 5.15 Å². The SMILES string of the molecule is CN1CCC2(CCN(Cc3cc4c5ncnc(Cl)c5n(CC(F)(F)F)c4cn3)C2)C1. The van der Waals surface area contributed by atoms with Crippen molar-refractivity contribution in [2.24, 2.45) is 5.41 Å². The van der Waals surface area contributed by atoms with Crippen molar-refractivity contribution >= 4 is 33.5 Å². The quantitative estimate of drug-likeness (QED) is 0.583. The molecule has 5 rings (SSSR count). The van der Waals surface area contributed by atoms with Crippen molar-refractivity contribution in [2.75, 3.05) is 33.2 Å². The Morgan fingerprint density at radius 2 is 1.93 bits per heavy atom. The second kappa shape index (κ2) is 7.03. The molecule has 1 unspecified atom stereocenters. The van der Waals surface area contributed by atoms with Gasteiger partial charge in [0.05, 0.1) is 17.4 Å². The summed E-state index contributed by atoms with van der Waals surface area (Å²) in [5.41, 5.74) is 2.17. The minimum atomic E-state index is -4.39. The number of fused-ring (bicyclic) bond motifs is 3. The first-order chi connectivity index (χ1) is 14.2. The van der Waals surface area contributed by atoms with Crippen LogP contribution >= 0.6 is 11.6 Å². The van der Waals surface area contributed by atoms with E-state index in [1.54, 1.807) is 0 Å². The van der Waals surface area contributed by atoms with E-state index in [-0.39, 0.29) is 10.7 Å². The van der Waals surface area contributed by atoms with Crippen LogP contribution in [-0.4, -0.2) is 68.7 Å². The van der Waals surface area contributed by atoms with E-state index in [0.29, 0.717) is 28.4 Å². The Bertz CT molecular complexity index is 1110. The van der Waals surface area contributed by atoms with Crippen molar-refractivity contribution < 1.29 is 13.2 Å². The molecule has 1 spiro atoms. The average Bonchev–Trinajstić information content (AvgIpc) is 3.32. The van der Waals surface area contributed by atoms with Crippen LogP contribution in [0.2, 0.25) is 5.15 Å². The Kier molecular flexibility index (Phi) is 4.68. The lowest BCUT2D eigenvalue weighted by atomic mass is 9.86. The first-order valence-corrected chi connectivity index (χ1v) is 10.4. The predicted octanol–water partition coefficient (Wildman–Crippen LogP) is 3.72. The molecule has 2 saturated heterocycles. The molecule has 0 radical (unpaired) electrons. The third-order valence-corrected chi connectivity index (χ3v) is 6.68. The molecule has 2 aliphatic heterocycles. The molecular weight excluding hydrogens is 417 g/mol. The minimum Gasteiger partial charge on any atom is -0.326 e. The van der Waals surface area contributed by atoms with Crippen LogP contribution in [0.1, 0.15) is 18.5 Å². The van der Waals surface area contributed by atoms with E-state index in [1.807, 2.05) is 6.07 Å². The minimum absolute atomic E-state index is 0.00818. The Morgan fingerprint density at radius 1 is 1.13 bits per heavy atom. The van der Waals surface area contributed by atoms with Gasteiger partial charge in [-0.25, -0.2) is 9.97 Å². The van der Waals surface area contributed by atoms with Crippen LogP contribution in [0.15, 0.2) is 18.6 Å². The van der Waals surface area contributed by atoms with Gasteiger partial charge in [-0.05, 0) is 44.5 Å². The van der Waals surface area contributed by atoms with Crippen molar-refractivity contribution in [3.8, 4) is 0 Å². The summed E-state index contributed by atoms with van der Waals surface area (Å²) < 4.78 is 40.7. The Morgan fingerprint density at radius 3 is 2.67 bits per heavy atom. The second-order valence-corrected chi connectivity index (χ2v) is 9.06. The van der Waals surface area contributed by atoms with E-state index in [1.165, 1.54) is 25.4 Å². The summed E-state index contributed by atoms with van der Waals surface area (Å²) in [6.45, 7) is 3.81. The average molecular weight is 439 g/mol. The van der Waals surface area contributed by atoms with E-state index in [0.717, 1.165) is 36.4 Å². The summed E-state index contributed by atoms with van der Waals surface area (Å²) >= 11 is 6.15. The van der Waals surface area contributed by atoms with Crippen LogP contribution in [0, 0.1) is 5.41 Å². The van der Waals surface area contributed by atoms with Gasteiger partial charge in [0.25, 0.3) is 0 Å². The number of pyridine rings is 1. The van der Waals surface area contributed by atoms with E-state index in [4.69, 9.17) is 11.6 Å². The molecule has 0 aromatic carbocycles. The standard InChI is InChI=1S/C20H22ClF3N6/c1-28-4-2-19(9-28)3-5-29(10-19)8-13-6-14-15(7-25-13)30(11-20(22,23)24)17-16(14)26-12-27-18(17)21/h6-7,12H,2-5,8-11H2,1H3. The van der Waals surface area contributed by atoms with Gasteiger partial charge in [-0.1, -0.05) is 11.6 Å². The molecule has 30 heavy (non-hydrogen) atoms. The highest BCUT2D eigenvalue weighted by Gasteiger charge is 2.42. The first-order valence-electron chi connectivity index (χ1n) is 9.98. The Labute approximate surface area is 176 Å². The van der Waals surface area contributed by atoms with Crippen molar-refractivity contribution in [1.82, 2.24) is 29.3 Å². The topological polar surface area (TPSA) is 50.1 Å². The van der Waals surface area contributed by atoms with Crippen LogP contribution in [0.4, 0.5) is 13.2 Å². The lowest BCUT2D eigenvalue weighted by molar-refractivity contribution is -0.139. The van der Waals surface area contributed by atoms with Crippen LogP contribution in [0.3, 0.4) is 0 Å². The summed E-state index contributed by atoms with van der Waals surface area (Å²) in [6, 6.07) is 1.85. The molecule has 2 fully saturated rings. The lowest BCUT2D eigenvalue weighted by Gasteiger charge is -2.23. The fourth-order valence-electron chi connectivity index (χ4n) is 5.12. The number of halogens is 4. The number of nitrogens with zero attached hydrogens (tertiary/aromatic N) is 6. The molecule has 2 aliphatic rings. The maximum absolute atomic E-state index is 13.2. The molecule has 6 nitrogen and oxygen atoms in total. The zero-order valence-corrected chi connectivity index (χ0v) is 17.3. The van der Waals surface area contributed by atoms with E-state index in [2.05, 4.69) is 31.8 Å². The van der Waals surface area contributed by atoms with Crippen LogP contribution in [0.5, 0.6) is 0 Å². The molecule has 160 valence electrons. The lowest BCUT2D eigenvalue weighted by Crippen LogP contribution is -2.29. The molecule has 3 aromatic heterocycles. The molecule has 3 aromatic rings. The number of likely N-dealkylation sites (tertiary alicyclic amines) is 2. The molecule has 0 amide bonds. The number of rotatable bonds is 3. The maximum atomic E-state index is 13.2. The number of hydrogen-bond donors (Lipinski definition) is 0. The molecule has 5 heterocycles. The van der Waals surface area contributed by atoms with Crippen molar-refractivity contribution in [2.45, 2.75) is 32.1 Å². The normalized spacial score (nSPS) is 23.5. The summed E-state index contributed by atoms with van der Waals surface area (Å²) in [6.07, 6.45) is 0.779. The maximum Gasteiger partial charge on any atom is 0.406 e. The highest BCUT2D eigenvalue weighted by atomic mass is 35.5. The third-order valence-electron chi connectivity index (χ3n) is 6.40. The van der Waals surface area contributed by atoms with Crippen LogP contribution < -0.4 is 0 Å². The molecule has 0 aliphatic carbocycles. The summed E-state index contributed by atoms with van der Waals surface area (Å²) in [7, 11) is 2.16. The van der Waals surface area contributed by atoms with Crippen molar-refractivity contribution in [3.05, 3.63) is 29.4 Å². The van der Waals surface area contributed by atoms with E-state index >= 15 is 0 Å². The van der Waals surface area contributed by atoms with Crippen LogP contribution in [0.25, 0.3) is 21.9 Å². The van der Waals surface area contributed by atoms with Gasteiger partial charge in [0.1, 0.15) is 23.9 Å². The summed E-state index contributed by atoms with van der Waals surface area (Å²) in [5.74, 6) is 0. The Hall–Kier alpha value is -1.97. The van der Waals surface area contributed by atoms with Gasteiger partial charge in [0.2, 0.25) is 0 Å². The van der Waals surface area contributed by atoms with Gasteiger partial charge in [-0.2, -0.15) is 13.2 Å². The van der Waals surface area contributed by atoms with E-state index in [9.17, 15) is 13.2 Å². The zero-order valence-electron chi connectivity index (χ0n) is 16.6. The van der Waals surface area contributed by atoms with Crippen molar-refractivity contribution in [3.63, 3.8) is 0 Å². The smallest absolute Gasteiger partial charge is 0.326 e. The third kappa shape index (κ3) is 3.52. The highest BCUT2D eigenvalue weighted by molar-refractivity contribution is 6.34. The van der Waals surface area contributed by atoms with Gasteiger partial charge in [0, 0.05) is 25.0 Å². The summed E-state index contributed by atoms with van der Waals surface area (Å²) in [4.78, 5) is 17.4. The molecule has 0 saturated carbocycles. The molecule has 1 atom stereocenters. The first kappa shape index (κ1) is 20.0. The van der Waals surface area contributed by atoms with Gasteiger partial charge >= 0.3 is 6.18 Å². The van der Waals surface area contributed by atoms with Crippen LogP contribution in [-0.2, 0) is 13.1 Å². The predicted molar refractivity (Wildman–Crippen MR) is 108 cm³/mol. The number of aromatic nitrogens is 4. The molecule has 10 heteroatoms. The highest BCUT2D eigenvalue weighted by Crippen LogP contribution is 2.39. The molecule has 0 bridgehead atoms. The van der Waals surface area contributed by atoms with E-state index < -0.39 is 12.7 Å². The molecular formula is C20H22ClF3N6. The second-order valence-electron chi connectivity index (χ2n) is 8.70. The molecule has 0 N–H and O–H groups in total. The van der Waals surface area contributed by atoms with Crippen molar-refractivity contribution in [1.29, 1.82) is 0 Å². The Balaban J connectivity index is 1.49. The van der Waals surface area contributed by atoms with Gasteiger partial charge < -0.3 is 9.47 Å². The van der Waals surface area contributed by atoms with Gasteiger partial charge in [-0.15, -0.1) is 0 Å². The monoisotopic (exact) mass is 438 g/mol. The zero-order chi connectivity index (χ0) is 21.1. The fraction of sp³-hybridized carbons (Fsp3) is 0.550. The fourth-order valence-corrected chi connectivity index (χ4v) is 5.36. The summed E-state index contributed by atoms with van der Waals surface area (Å²) in [5, 5.41) is 0.631. The number of alkyl halides is 3. The largest absolute Gasteiger partial charge is 0.406 e. The van der Waals surface area contributed by atoms with Gasteiger partial charge in [-0.3, -0.25) is 9.88 Å². The number of hydrogen-bond acceptors (Lipinski definition) is 5.